The summed E-state index contributed by atoms with van der Waals surface area (Å²) in [6.45, 7) is 1.20. The van der Waals surface area contributed by atoms with E-state index < -0.39 is 31.6 Å². The Hall–Kier alpha value is -2.75. The average molecular weight is 596 g/mol. The first-order chi connectivity index (χ1) is 18.9. The summed E-state index contributed by atoms with van der Waals surface area (Å²) >= 11 is 0. The van der Waals surface area contributed by atoms with Crippen LogP contribution >= 0.6 is 0 Å². The van der Waals surface area contributed by atoms with Crippen molar-refractivity contribution in [2.24, 2.45) is 0 Å². The number of ether oxygens (including phenoxy) is 3. The van der Waals surface area contributed by atoms with Gasteiger partial charge in [0.2, 0.25) is 10.0 Å². The van der Waals surface area contributed by atoms with Crippen LogP contribution < -0.4 is 20.1 Å². The smallest absolute Gasteiger partial charge is 0.262 e. The predicted molar refractivity (Wildman–Crippen MR) is 145 cm³/mol. The Balaban J connectivity index is 1.09. The molecule has 0 aliphatic carbocycles. The van der Waals surface area contributed by atoms with E-state index in [0.29, 0.717) is 56.1 Å². The largest absolute Gasteiger partial charge is 0.491 e. The van der Waals surface area contributed by atoms with E-state index in [9.17, 15) is 26.7 Å². The van der Waals surface area contributed by atoms with E-state index in [2.05, 4.69) is 10.6 Å². The minimum atomic E-state index is -3.76. The molecule has 218 valence electrons. The highest BCUT2D eigenvalue weighted by atomic mass is 32.2. The van der Waals surface area contributed by atoms with Crippen LogP contribution in [0.4, 0.5) is 5.69 Å². The molecular formula is C26H33N3O9S2. The van der Waals surface area contributed by atoms with Crippen LogP contribution in [0.15, 0.2) is 52.3 Å². The highest BCUT2D eigenvalue weighted by Gasteiger charge is 2.44. The van der Waals surface area contributed by atoms with Gasteiger partial charge in [-0.1, -0.05) is 6.07 Å². The number of carbonyl (C=O) groups excluding carboxylic acids is 1. The number of sulfonamides is 1. The number of piperidine rings is 1. The van der Waals surface area contributed by atoms with Crippen LogP contribution in [0.25, 0.3) is 0 Å². The second-order valence-corrected chi connectivity index (χ2v) is 14.4. The van der Waals surface area contributed by atoms with Crippen molar-refractivity contribution in [1.29, 1.82) is 0 Å². The summed E-state index contributed by atoms with van der Waals surface area (Å²) in [6.07, 6.45) is 2.07. The molecule has 0 radical (unpaired) electrons. The monoisotopic (exact) mass is 595 g/mol. The summed E-state index contributed by atoms with van der Waals surface area (Å²) < 4.78 is 68.5. The molecule has 3 N–H and O–H groups in total. The second-order valence-electron chi connectivity index (χ2n) is 10.4. The van der Waals surface area contributed by atoms with Crippen LogP contribution in [0.3, 0.4) is 0 Å². The van der Waals surface area contributed by atoms with Gasteiger partial charge in [-0.05, 0) is 55.7 Å². The molecule has 2 saturated heterocycles. The van der Waals surface area contributed by atoms with Crippen molar-refractivity contribution in [3.63, 3.8) is 0 Å². The number of aliphatic hydroxyl groups excluding tert-OH is 1. The third kappa shape index (κ3) is 6.42. The van der Waals surface area contributed by atoms with Crippen molar-refractivity contribution >= 4 is 31.5 Å². The highest BCUT2D eigenvalue weighted by molar-refractivity contribution is 7.90. The summed E-state index contributed by atoms with van der Waals surface area (Å²) in [4.78, 5) is 11.9. The number of carbonyl (C=O) groups is 1. The third-order valence-corrected chi connectivity index (χ3v) is 10.4. The fourth-order valence-corrected chi connectivity index (χ4v) is 7.30. The molecule has 1 spiro atoms. The molecule has 0 aromatic heterocycles. The number of benzene rings is 2. The molecule has 2 aromatic carbocycles. The second kappa shape index (κ2) is 11.3. The molecule has 3 aliphatic rings. The number of hydrogen-bond donors (Lipinski definition) is 3. The number of rotatable bonds is 9. The molecule has 1 amide bonds. The summed E-state index contributed by atoms with van der Waals surface area (Å²) in [6, 6.07) is 10.6. The van der Waals surface area contributed by atoms with Crippen LogP contribution in [-0.2, 0) is 29.4 Å². The predicted octanol–water partition coefficient (Wildman–Crippen LogP) is 0.763. The molecular weight excluding hydrogens is 562 g/mol. The van der Waals surface area contributed by atoms with Crippen molar-refractivity contribution in [3.8, 4) is 11.5 Å². The van der Waals surface area contributed by atoms with Gasteiger partial charge in [-0.25, -0.2) is 16.8 Å². The maximum atomic E-state index is 13.3. The number of nitrogens with zero attached hydrogens (tertiary/aromatic N) is 1. The molecule has 0 saturated carbocycles. The van der Waals surface area contributed by atoms with Gasteiger partial charge >= 0.3 is 0 Å². The first-order valence-corrected chi connectivity index (χ1v) is 16.3. The van der Waals surface area contributed by atoms with E-state index in [-0.39, 0.29) is 41.5 Å². The van der Waals surface area contributed by atoms with Crippen molar-refractivity contribution in [2.75, 3.05) is 51.0 Å². The van der Waals surface area contributed by atoms with E-state index >= 15 is 0 Å². The van der Waals surface area contributed by atoms with Crippen LogP contribution in [0.1, 0.15) is 19.3 Å². The zero-order valence-corrected chi connectivity index (χ0v) is 23.7. The highest BCUT2D eigenvalue weighted by Crippen LogP contribution is 2.38. The van der Waals surface area contributed by atoms with Crippen molar-refractivity contribution in [2.45, 2.75) is 46.8 Å². The number of aliphatic hydroxyl groups is 1. The van der Waals surface area contributed by atoms with E-state index in [0.717, 1.165) is 6.26 Å². The van der Waals surface area contributed by atoms with E-state index in [1.165, 1.54) is 28.6 Å². The Labute approximate surface area is 233 Å². The number of amides is 1. The standard InChI is InChI=1S/C26H33N3O9S2/c1-39(32,33)21-4-2-3-20(11-21)36-16-19(30)14-27-18-13-26(38-15-18)7-9-29(10-8-26)40(34,35)22-5-6-24-23(12-22)28-25(31)17-37-24/h2-6,11-12,18-19,27,30H,7-10,13-17H2,1H3,(H,28,31)/t18?,19-/m0/s1. The van der Waals surface area contributed by atoms with Crippen LogP contribution in [-0.4, -0.2) is 95.6 Å². The molecule has 14 heteroatoms. The van der Waals surface area contributed by atoms with Crippen molar-refractivity contribution in [3.05, 3.63) is 42.5 Å². The maximum absolute atomic E-state index is 13.3. The third-order valence-electron chi connectivity index (χ3n) is 7.38. The average Bonchev–Trinajstić information content (AvgIpc) is 3.32. The van der Waals surface area contributed by atoms with Gasteiger partial charge < -0.3 is 30.0 Å². The van der Waals surface area contributed by atoms with Crippen LogP contribution in [0.2, 0.25) is 0 Å². The van der Waals surface area contributed by atoms with Gasteiger partial charge in [-0.2, -0.15) is 4.31 Å². The summed E-state index contributed by atoms with van der Waals surface area (Å²) in [5.74, 6) is 0.468. The number of sulfone groups is 1. The number of fused-ring (bicyclic) bond motifs is 1. The van der Waals surface area contributed by atoms with Gasteiger partial charge in [0, 0.05) is 31.9 Å². The molecule has 2 atom stereocenters. The normalized spacial score (nSPS) is 21.9. The molecule has 3 aliphatic heterocycles. The lowest BCUT2D eigenvalue weighted by Gasteiger charge is -2.38. The fraction of sp³-hybridized carbons (Fsp3) is 0.500. The van der Waals surface area contributed by atoms with E-state index in [1.54, 1.807) is 18.2 Å². The first kappa shape index (κ1) is 28.8. The minimum absolute atomic E-state index is 0.00405. The zero-order valence-electron chi connectivity index (χ0n) is 22.0. The minimum Gasteiger partial charge on any atom is -0.491 e. The molecule has 2 aromatic rings. The summed E-state index contributed by atoms with van der Waals surface area (Å²) in [7, 11) is -7.11. The van der Waals surface area contributed by atoms with E-state index in [1.807, 2.05) is 0 Å². The fourth-order valence-electron chi connectivity index (χ4n) is 5.18. The molecule has 12 nitrogen and oxygen atoms in total. The lowest BCUT2D eigenvalue weighted by Crippen LogP contribution is -2.47. The Kier molecular flexibility index (Phi) is 8.10. The molecule has 0 bridgehead atoms. The summed E-state index contributed by atoms with van der Waals surface area (Å²) in [5, 5.41) is 16.3. The molecule has 5 rings (SSSR count). The van der Waals surface area contributed by atoms with Crippen LogP contribution in [0, 0.1) is 0 Å². The number of hydrogen-bond acceptors (Lipinski definition) is 10. The Morgan fingerprint density at radius 3 is 2.67 bits per heavy atom. The van der Waals surface area contributed by atoms with Crippen LogP contribution in [0.5, 0.6) is 11.5 Å². The van der Waals surface area contributed by atoms with E-state index in [4.69, 9.17) is 14.2 Å². The Bertz CT molecular complexity index is 1470. The summed E-state index contributed by atoms with van der Waals surface area (Å²) in [5.41, 5.74) is -0.0941. The molecule has 1 unspecified atom stereocenters. The Morgan fingerprint density at radius 2 is 1.93 bits per heavy atom. The quantitative estimate of drug-likeness (QED) is 0.378. The first-order valence-electron chi connectivity index (χ1n) is 13.0. The lowest BCUT2D eigenvalue weighted by molar-refractivity contribution is -0.118. The van der Waals surface area contributed by atoms with Gasteiger partial charge in [0.25, 0.3) is 5.91 Å². The maximum Gasteiger partial charge on any atom is 0.262 e. The zero-order chi connectivity index (χ0) is 28.5. The number of anilines is 1. The number of nitrogens with one attached hydrogen (secondary N) is 2. The van der Waals surface area contributed by atoms with Gasteiger partial charge in [-0.15, -0.1) is 0 Å². The van der Waals surface area contributed by atoms with Gasteiger partial charge in [0.15, 0.2) is 16.4 Å². The lowest BCUT2D eigenvalue weighted by atomic mass is 9.88. The van der Waals surface area contributed by atoms with Gasteiger partial charge in [0.05, 0.1) is 27.7 Å². The van der Waals surface area contributed by atoms with Crippen molar-refractivity contribution < 1.29 is 40.9 Å². The topological polar surface area (TPSA) is 161 Å². The molecule has 3 heterocycles. The SMILES string of the molecule is CS(=O)(=O)c1cccc(OC[C@@H](O)CNC2COC3(CCN(S(=O)(=O)c4ccc5c(c4)NC(=O)CO5)CC3)C2)c1. The van der Waals surface area contributed by atoms with Gasteiger partial charge in [0.1, 0.15) is 24.2 Å². The van der Waals surface area contributed by atoms with Crippen molar-refractivity contribution in [1.82, 2.24) is 9.62 Å². The Morgan fingerprint density at radius 1 is 1.15 bits per heavy atom. The molecule has 2 fully saturated rings. The van der Waals surface area contributed by atoms with Gasteiger partial charge in [-0.3, -0.25) is 4.79 Å². The molecule has 40 heavy (non-hydrogen) atoms.